The third-order valence-electron chi connectivity index (χ3n) is 2.58. The fourth-order valence-electron chi connectivity index (χ4n) is 1.65. The minimum atomic E-state index is -0.105. The largest absolute Gasteiger partial charge is 0.336 e. The van der Waals surface area contributed by atoms with Crippen LogP contribution in [0.3, 0.4) is 0 Å². The van der Waals surface area contributed by atoms with Gasteiger partial charge in [-0.25, -0.2) is 0 Å². The Morgan fingerprint density at radius 1 is 1.22 bits per heavy atom. The van der Waals surface area contributed by atoms with Crippen LogP contribution in [0.25, 0.3) is 0 Å². The molecule has 18 heavy (non-hydrogen) atoms. The van der Waals surface area contributed by atoms with Gasteiger partial charge in [-0.1, -0.05) is 29.8 Å². The lowest BCUT2D eigenvalue weighted by Gasteiger charge is -2.17. The summed E-state index contributed by atoms with van der Waals surface area (Å²) in [6.07, 6.45) is 1.71. The predicted molar refractivity (Wildman–Crippen MR) is 71.5 cm³/mol. The molecule has 0 aliphatic rings. The first-order valence-electron chi connectivity index (χ1n) is 5.58. The van der Waals surface area contributed by atoms with E-state index < -0.39 is 0 Å². The molecule has 2 rings (SSSR count). The molecule has 0 N–H and O–H groups in total. The monoisotopic (exact) mass is 260 g/mol. The molecule has 1 aromatic carbocycles. The summed E-state index contributed by atoms with van der Waals surface area (Å²) < 4.78 is 0. The van der Waals surface area contributed by atoms with Crippen LogP contribution in [0.2, 0.25) is 5.02 Å². The SMILES string of the molecule is CN(Cc1ccccn1)C(=O)c1ccccc1Cl. The van der Waals surface area contributed by atoms with E-state index >= 15 is 0 Å². The number of aromatic nitrogens is 1. The normalized spacial score (nSPS) is 10.1. The molecule has 1 aromatic heterocycles. The Bertz CT molecular complexity index is 543. The molecule has 0 radical (unpaired) electrons. The molecule has 2 aromatic rings. The van der Waals surface area contributed by atoms with Gasteiger partial charge in [-0.3, -0.25) is 9.78 Å². The van der Waals surface area contributed by atoms with Crippen LogP contribution in [0.4, 0.5) is 0 Å². The lowest BCUT2D eigenvalue weighted by Crippen LogP contribution is -2.26. The first-order chi connectivity index (χ1) is 8.68. The molecule has 0 fully saturated rings. The van der Waals surface area contributed by atoms with Crippen molar-refractivity contribution in [2.24, 2.45) is 0 Å². The van der Waals surface area contributed by atoms with Crippen molar-refractivity contribution in [3.05, 3.63) is 64.9 Å². The number of rotatable bonds is 3. The number of nitrogens with zero attached hydrogens (tertiary/aromatic N) is 2. The maximum Gasteiger partial charge on any atom is 0.255 e. The van der Waals surface area contributed by atoms with Crippen LogP contribution in [0.1, 0.15) is 16.1 Å². The number of halogens is 1. The smallest absolute Gasteiger partial charge is 0.255 e. The summed E-state index contributed by atoms with van der Waals surface area (Å²) in [5.74, 6) is -0.105. The molecule has 0 aliphatic carbocycles. The highest BCUT2D eigenvalue weighted by molar-refractivity contribution is 6.33. The quantitative estimate of drug-likeness (QED) is 0.850. The number of carbonyl (C=O) groups excluding carboxylic acids is 1. The summed E-state index contributed by atoms with van der Waals surface area (Å²) in [6, 6.07) is 12.7. The van der Waals surface area contributed by atoms with Gasteiger partial charge in [0, 0.05) is 13.2 Å². The number of hydrogen-bond acceptors (Lipinski definition) is 2. The number of hydrogen-bond donors (Lipinski definition) is 0. The summed E-state index contributed by atoms with van der Waals surface area (Å²) in [4.78, 5) is 18.0. The topological polar surface area (TPSA) is 33.2 Å². The van der Waals surface area contributed by atoms with E-state index in [0.29, 0.717) is 17.1 Å². The third-order valence-corrected chi connectivity index (χ3v) is 2.91. The van der Waals surface area contributed by atoms with Crippen LogP contribution < -0.4 is 0 Å². The Morgan fingerprint density at radius 2 is 1.94 bits per heavy atom. The van der Waals surface area contributed by atoms with E-state index in [1.165, 1.54) is 0 Å². The van der Waals surface area contributed by atoms with E-state index in [2.05, 4.69) is 4.98 Å². The highest BCUT2D eigenvalue weighted by Gasteiger charge is 2.14. The Balaban J connectivity index is 2.13. The molecule has 0 spiro atoms. The summed E-state index contributed by atoms with van der Waals surface area (Å²) in [7, 11) is 1.74. The molecule has 1 amide bonds. The highest BCUT2D eigenvalue weighted by Crippen LogP contribution is 2.17. The zero-order valence-corrected chi connectivity index (χ0v) is 10.8. The zero-order chi connectivity index (χ0) is 13.0. The first kappa shape index (κ1) is 12.6. The van der Waals surface area contributed by atoms with Gasteiger partial charge in [0.25, 0.3) is 5.91 Å². The van der Waals surface area contributed by atoms with E-state index in [4.69, 9.17) is 11.6 Å². The van der Waals surface area contributed by atoms with Crippen LogP contribution in [-0.2, 0) is 6.54 Å². The Morgan fingerprint density at radius 3 is 2.61 bits per heavy atom. The van der Waals surface area contributed by atoms with Gasteiger partial charge >= 0.3 is 0 Å². The Labute approximate surface area is 111 Å². The van der Waals surface area contributed by atoms with Crippen LogP contribution in [0, 0.1) is 0 Å². The molecular weight excluding hydrogens is 248 g/mol. The molecule has 0 bridgehead atoms. The molecule has 92 valence electrons. The van der Waals surface area contributed by atoms with Gasteiger partial charge in [-0.15, -0.1) is 0 Å². The van der Waals surface area contributed by atoms with Crippen LogP contribution >= 0.6 is 11.6 Å². The van der Waals surface area contributed by atoms with Crippen molar-refractivity contribution in [3.8, 4) is 0 Å². The van der Waals surface area contributed by atoms with Crippen LogP contribution in [0.5, 0.6) is 0 Å². The number of pyridine rings is 1. The standard InChI is InChI=1S/C14H13ClN2O/c1-17(10-11-6-4-5-9-16-11)14(18)12-7-2-3-8-13(12)15/h2-9H,10H2,1H3. The zero-order valence-electron chi connectivity index (χ0n) is 10.0. The average Bonchev–Trinajstić information content (AvgIpc) is 2.39. The van der Waals surface area contributed by atoms with Gasteiger partial charge in [0.1, 0.15) is 0 Å². The lowest BCUT2D eigenvalue weighted by atomic mass is 10.2. The van der Waals surface area contributed by atoms with Gasteiger partial charge in [-0.2, -0.15) is 0 Å². The maximum atomic E-state index is 12.2. The maximum absolute atomic E-state index is 12.2. The molecule has 4 heteroatoms. The predicted octanol–water partition coefficient (Wildman–Crippen LogP) is 3.01. The van der Waals surface area contributed by atoms with Crippen molar-refractivity contribution < 1.29 is 4.79 Å². The van der Waals surface area contributed by atoms with Crippen molar-refractivity contribution in [3.63, 3.8) is 0 Å². The van der Waals surface area contributed by atoms with Crippen molar-refractivity contribution >= 4 is 17.5 Å². The summed E-state index contributed by atoms with van der Waals surface area (Å²) in [5, 5.41) is 0.468. The number of carbonyl (C=O) groups is 1. The number of amides is 1. The third kappa shape index (κ3) is 2.87. The fraction of sp³-hybridized carbons (Fsp3) is 0.143. The fourth-order valence-corrected chi connectivity index (χ4v) is 1.86. The van der Waals surface area contributed by atoms with Gasteiger partial charge in [0.15, 0.2) is 0 Å². The minimum Gasteiger partial charge on any atom is -0.336 e. The van der Waals surface area contributed by atoms with Crippen molar-refractivity contribution in [2.45, 2.75) is 6.54 Å². The van der Waals surface area contributed by atoms with Crippen molar-refractivity contribution in [2.75, 3.05) is 7.05 Å². The van der Waals surface area contributed by atoms with E-state index in [9.17, 15) is 4.79 Å². The van der Waals surface area contributed by atoms with Gasteiger partial charge in [0.05, 0.1) is 22.8 Å². The van der Waals surface area contributed by atoms with E-state index in [-0.39, 0.29) is 5.91 Å². The Hall–Kier alpha value is -1.87. The average molecular weight is 261 g/mol. The van der Waals surface area contributed by atoms with Crippen LogP contribution in [-0.4, -0.2) is 22.8 Å². The molecule has 0 aliphatic heterocycles. The Kier molecular flexibility index (Phi) is 3.95. The second-order valence-corrected chi connectivity index (χ2v) is 4.37. The summed E-state index contributed by atoms with van der Waals surface area (Å²) in [6.45, 7) is 0.463. The first-order valence-corrected chi connectivity index (χ1v) is 5.96. The molecule has 0 unspecified atom stereocenters. The van der Waals surface area contributed by atoms with Crippen LogP contribution in [0.15, 0.2) is 48.7 Å². The highest BCUT2D eigenvalue weighted by atomic mass is 35.5. The molecule has 1 heterocycles. The minimum absolute atomic E-state index is 0.105. The molecular formula is C14H13ClN2O. The molecule has 0 atom stereocenters. The number of benzene rings is 1. The van der Waals surface area contributed by atoms with Crippen molar-refractivity contribution in [1.29, 1.82) is 0 Å². The summed E-state index contributed by atoms with van der Waals surface area (Å²) >= 11 is 6.00. The van der Waals surface area contributed by atoms with E-state index in [1.54, 1.807) is 42.4 Å². The van der Waals surface area contributed by atoms with Gasteiger partial charge < -0.3 is 4.90 Å². The molecule has 0 saturated heterocycles. The molecule has 3 nitrogen and oxygen atoms in total. The second-order valence-electron chi connectivity index (χ2n) is 3.96. The molecule has 0 saturated carbocycles. The summed E-state index contributed by atoms with van der Waals surface area (Å²) in [5.41, 5.74) is 1.36. The van der Waals surface area contributed by atoms with E-state index in [0.717, 1.165) is 5.69 Å². The van der Waals surface area contributed by atoms with Gasteiger partial charge in [-0.05, 0) is 24.3 Å². The van der Waals surface area contributed by atoms with E-state index in [1.807, 2.05) is 18.2 Å². The lowest BCUT2D eigenvalue weighted by molar-refractivity contribution is 0.0783. The second kappa shape index (κ2) is 5.65. The van der Waals surface area contributed by atoms with Gasteiger partial charge in [0.2, 0.25) is 0 Å². The van der Waals surface area contributed by atoms with Crippen molar-refractivity contribution in [1.82, 2.24) is 9.88 Å².